The van der Waals surface area contributed by atoms with Crippen LogP contribution in [0.15, 0.2) is 36.4 Å². The van der Waals surface area contributed by atoms with E-state index in [1.807, 2.05) is 11.0 Å². The number of aryl methyl sites for hydroxylation is 2. The van der Waals surface area contributed by atoms with Crippen LogP contribution in [0.1, 0.15) is 17.5 Å². The van der Waals surface area contributed by atoms with Crippen molar-refractivity contribution >= 4 is 17.1 Å². The van der Waals surface area contributed by atoms with Crippen LogP contribution in [-0.4, -0.2) is 11.5 Å². The maximum Gasteiger partial charge on any atom is 0.274 e. The summed E-state index contributed by atoms with van der Waals surface area (Å²) in [5.41, 5.74) is 3.62. The van der Waals surface area contributed by atoms with Gasteiger partial charge in [-0.2, -0.15) is 0 Å². The standard InChI is InChI=1S/C16H15FN2O2/c1-11-9-12-3-2-8-18(14-6-4-13(17)5-7-14)16(12)10-15(11)19(20)21/h4-7,9-10H,2-3,8H2,1H3. The average molecular weight is 286 g/mol. The lowest BCUT2D eigenvalue weighted by atomic mass is 9.98. The van der Waals surface area contributed by atoms with Gasteiger partial charge < -0.3 is 4.90 Å². The van der Waals surface area contributed by atoms with Crippen molar-refractivity contribution in [3.05, 3.63) is 63.5 Å². The largest absolute Gasteiger partial charge is 0.341 e. The van der Waals surface area contributed by atoms with Gasteiger partial charge in [0.1, 0.15) is 5.82 Å². The van der Waals surface area contributed by atoms with Crippen LogP contribution in [0.5, 0.6) is 0 Å². The molecule has 108 valence electrons. The number of rotatable bonds is 2. The Kier molecular flexibility index (Phi) is 3.33. The Morgan fingerprint density at radius 3 is 2.62 bits per heavy atom. The lowest BCUT2D eigenvalue weighted by Gasteiger charge is -2.31. The first-order valence-corrected chi connectivity index (χ1v) is 6.87. The molecule has 0 unspecified atom stereocenters. The zero-order valence-corrected chi connectivity index (χ0v) is 11.7. The predicted molar refractivity (Wildman–Crippen MR) is 79.6 cm³/mol. The highest BCUT2D eigenvalue weighted by Crippen LogP contribution is 2.37. The van der Waals surface area contributed by atoms with E-state index < -0.39 is 0 Å². The van der Waals surface area contributed by atoms with E-state index in [1.54, 1.807) is 25.1 Å². The van der Waals surface area contributed by atoms with Crippen LogP contribution < -0.4 is 4.90 Å². The Balaban J connectivity index is 2.10. The fourth-order valence-corrected chi connectivity index (χ4v) is 2.83. The van der Waals surface area contributed by atoms with Crippen molar-refractivity contribution in [2.75, 3.05) is 11.4 Å². The minimum Gasteiger partial charge on any atom is -0.341 e. The highest BCUT2D eigenvalue weighted by Gasteiger charge is 2.23. The van der Waals surface area contributed by atoms with Gasteiger partial charge in [-0.3, -0.25) is 10.1 Å². The molecule has 0 atom stereocenters. The molecular weight excluding hydrogens is 271 g/mol. The quantitative estimate of drug-likeness (QED) is 0.616. The second-order valence-corrected chi connectivity index (χ2v) is 5.26. The SMILES string of the molecule is Cc1cc2c(cc1[N+](=O)[O-])N(c1ccc(F)cc1)CCC2. The van der Waals surface area contributed by atoms with Crippen LogP contribution in [0.25, 0.3) is 0 Å². The topological polar surface area (TPSA) is 46.4 Å². The summed E-state index contributed by atoms with van der Waals surface area (Å²) in [5.74, 6) is -0.286. The predicted octanol–water partition coefficient (Wildman–Crippen LogP) is 4.13. The number of hydrogen-bond donors (Lipinski definition) is 0. The summed E-state index contributed by atoms with van der Waals surface area (Å²) in [7, 11) is 0. The van der Waals surface area contributed by atoms with Gasteiger partial charge >= 0.3 is 0 Å². The number of nitrogens with zero attached hydrogens (tertiary/aromatic N) is 2. The number of nitro benzene ring substituents is 1. The second kappa shape index (κ2) is 5.16. The zero-order chi connectivity index (χ0) is 15.0. The molecule has 21 heavy (non-hydrogen) atoms. The van der Waals surface area contributed by atoms with Crippen molar-refractivity contribution < 1.29 is 9.31 Å². The van der Waals surface area contributed by atoms with E-state index in [1.165, 1.54) is 12.1 Å². The van der Waals surface area contributed by atoms with E-state index in [2.05, 4.69) is 0 Å². The van der Waals surface area contributed by atoms with Gasteiger partial charge in [-0.05, 0) is 55.7 Å². The Bertz CT molecular complexity index is 698. The van der Waals surface area contributed by atoms with E-state index in [4.69, 9.17) is 0 Å². The minimum absolute atomic E-state index is 0.128. The van der Waals surface area contributed by atoms with E-state index in [-0.39, 0.29) is 16.4 Å². The third kappa shape index (κ3) is 2.46. The van der Waals surface area contributed by atoms with Crippen molar-refractivity contribution in [2.24, 2.45) is 0 Å². The molecule has 0 bridgehead atoms. The Morgan fingerprint density at radius 2 is 1.95 bits per heavy atom. The summed E-state index contributed by atoms with van der Waals surface area (Å²) in [4.78, 5) is 12.8. The molecule has 2 aromatic rings. The molecule has 0 saturated heterocycles. The highest BCUT2D eigenvalue weighted by molar-refractivity contribution is 5.71. The summed E-state index contributed by atoms with van der Waals surface area (Å²) >= 11 is 0. The molecule has 5 heteroatoms. The van der Waals surface area contributed by atoms with Gasteiger partial charge in [-0.1, -0.05) is 0 Å². The van der Waals surface area contributed by atoms with Gasteiger partial charge in [0.15, 0.2) is 0 Å². The van der Waals surface area contributed by atoms with Gasteiger partial charge in [-0.15, -0.1) is 0 Å². The normalized spacial score (nSPS) is 13.9. The Hall–Kier alpha value is -2.43. The molecule has 0 amide bonds. The van der Waals surface area contributed by atoms with E-state index in [0.717, 1.165) is 36.3 Å². The molecule has 2 aromatic carbocycles. The smallest absolute Gasteiger partial charge is 0.274 e. The van der Waals surface area contributed by atoms with Crippen LogP contribution in [-0.2, 0) is 6.42 Å². The molecule has 3 rings (SSSR count). The van der Waals surface area contributed by atoms with Crippen molar-refractivity contribution in [2.45, 2.75) is 19.8 Å². The summed E-state index contributed by atoms with van der Waals surface area (Å²) in [6.07, 6.45) is 1.88. The van der Waals surface area contributed by atoms with E-state index in [0.29, 0.717) is 5.56 Å². The molecule has 0 fully saturated rings. The molecule has 1 aliphatic heterocycles. The van der Waals surface area contributed by atoms with Crippen molar-refractivity contribution in [1.82, 2.24) is 0 Å². The lowest BCUT2D eigenvalue weighted by Crippen LogP contribution is -2.24. The first-order valence-electron chi connectivity index (χ1n) is 6.87. The molecule has 4 nitrogen and oxygen atoms in total. The van der Waals surface area contributed by atoms with E-state index >= 15 is 0 Å². The van der Waals surface area contributed by atoms with Gasteiger partial charge in [0.05, 0.1) is 10.6 Å². The third-order valence-corrected chi connectivity index (χ3v) is 3.85. The minimum atomic E-state index is -0.354. The number of fused-ring (bicyclic) bond motifs is 1. The van der Waals surface area contributed by atoms with Gasteiger partial charge in [0.25, 0.3) is 5.69 Å². The molecule has 1 heterocycles. The molecule has 1 aliphatic rings. The van der Waals surface area contributed by atoms with Crippen LogP contribution in [0.2, 0.25) is 0 Å². The van der Waals surface area contributed by atoms with Crippen LogP contribution in [0, 0.1) is 22.9 Å². The molecular formula is C16H15FN2O2. The van der Waals surface area contributed by atoms with Gasteiger partial charge in [0.2, 0.25) is 0 Å². The average Bonchev–Trinajstić information content (AvgIpc) is 2.46. The highest BCUT2D eigenvalue weighted by atomic mass is 19.1. The number of anilines is 2. The molecule has 0 spiro atoms. The van der Waals surface area contributed by atoms with E-state index in [9.17, 15) is 14.5 Å². The summed E-state index contributed by atoms with van der Waals surface area (Å²) in [6, 6.07) is 9.75. The third-order valence-electron chi connectivity index (χ3n) is 3.85. The summed E-state index contributed by atoms with van der Waals surface area (Å²) in [6.45, 7) is 2.54. The van der Waals surface area contributed by atoms with Crippen LogP contribution in [0.3, 0.4) is 0 Å². The summed E-state index contributed by atoms with van der Waals surface area (Å²) < 4.78 is 13.1. The molecule has 0 radical (unpaired) electrons. The van der Waals surface area contributed by atoms with Gasteiger partial charge in [-0.25, -0.2) is 4.39 Å². The molecule has 0 aromatic heterocycles. The van der Waals surface area contributed by atoms with Gasteiger partial charge in [0, 0.05) is 23.9 Å². The van der Waals surface area contributed by atoms with Crippen molar-refractivity contribution in [3.63, 3.8) is 0 Å². The van der Waals surface area contributed by atoms with Crippen molar-refractivity contribution in [3.8, 4) is 0 Å². The molecule has 0 saturated carbocycles. The summed E-state index contributed by atoms with van der Waals surface area (Å²) in [5, 5.41) is 11.1. The first-order chi connectivity index (χ1) is 10.1. The molecule has 0 aliphatic carbocycles. The lowest BCUT2D eigenvalue weighted by molar-refractivity contribution is -0.385. The second-order valence-electron chi connectivity index (χ2n) is 5.26. The van der Waals surface area contributed by atoms with Crippen molar-refractivity contribution in [1.29, 1.82) is 0 Å². The number of halogens is 1. The van der Waals surface area contributed by atoms with Crippen LogP contribution in [0.4, 0.5) is 21.5 Å². The maximum atomic E-state index is 13.1. The number of benzene rings is 2. The molecule has 0 N–H and O–H groups in total. The maximum absolute atomic E-state index is 13.1. The fourth-order valence-electron chi connectivity index (χ4n) is 2.83. The van der Waals surface area contributed by atoms with Crippen LogP contribution >= 0.6 is 0 Å². The number of hydrogen-bond acceptors (Lipinski definition) is 3. The first kappa shape index (κ1) is 13.5. The monoisotopic (exact) mass is 286 g/mol. The Labute approximate surface area is 122 Å². The fraction of sp³-hybridized carbons (Fsp3) is 0.250. The zero-order valence-electron chi connectivity index (χ0n) is 11.7. The number of nitro groups is 1. The Morgan fingerprint density at radius 1 is 1.24 bits per heavy atom.